The number of likely N-dealkylation sites (tertiary alicyclic amines) is 1. The zero-order valence-electron chi connectivity index (χ0n) is 15.8. The predicted molar refractivity (Wildman–Crippen MR) is 109 cm³/mol. The minimum absolute atomic E-state index is 0.0158. The third-order valence-electron chi connectivity index (χ3n) is 5.05. The van der Waals surface area contributed by atoms with Crippen LogP contribution in [0.2, 0.25) is 0 Å². The Labute approximate surface area is 172 Å². The number of fused-ring (bicyclic) bond motifs is 1. The summed E-state index contributed by atoms with van der Waals surface area (Å²) in [5.41, 5.74) is 1.64. The molecule has 0 saturated carbocycles. The number of carbonyl (C=O) groups is 2. The van der Waals surface area contributed by atoms with Crippen LogP contribution in [0, 0.1) is 5.82 Å². The monoisotopic (exact) mass is 412 g/mol. The van der Waals surface area contributed by atoms with Crippen molar-refractivity contribution < 1.29 is 18.7 Å². The van der Waals surface area contributed by atoms with Crippen molar-refractivity contribution in [3.63, 3.8) is 0 Å². The molecule has 150 valence electrons. The van der Waals surface area contributed by atoms with E-state index in [0.29, 0.717) is 18.7 Å². The van der Waals surface area contributed by atoms with Gasteiger partial charge in [0, 0.05) is 19.0 Å². The van der Waals surface area contributed by atoms with E-state index >= 15 is 0 Å². The van der Waals surface area contributed by atoms with Crippen LogP contribution in [0.15, 0.2) is 48.5 Å². The highest BCUT2D eigenvalue weighted by Gasteiger charge is 2.27. The minimum atomic E-state index is -0.496. The SMILES string of the molecule is O=C(Cc1ccc(F)cc1)OCC(=O)N1CCC[C@H](c2nc3ccccc3s2)C1. The van der Waals surface area contributed by atoms with Crippen LogP contribution in [0.3, 0.4) is 0 Å². The molecule has 1 aliphatic heterocycles. The number of benzene rings is 2. The number of aromatic nitrogens is 1. The van der Waals surface area contributed by atoms with Gasteiger partial charge >= 0.3 is 5.97 Å². The summed E-state index contributed by atoms with van der Waals surface area (Å²) in [7, 11) is 0. The number of piperidine rings is 1. The highest BCUT2D eigenvalue weighted by atomic mass is 32.1. The largest absolute Gasteiger partial charge is 0.455 e. The van der Waals surface area contributed by atoms with Gasteiger partial charge in [-0.1, -0.05) is 24.3 Å². The van der Waals surface area contributed by atoms with Crippen molar-refractivity contribution in [1.82, 2.24) is 9.88 Å². The topological polar surface area (TPSA) is 59.5 Å². The van der Waals surface area contributed by atoms with E-state index in [9.17, 15) is 14.0 Å². The number of hydrogen-bond donors (Lipinski definition) is 0. The summed E-state index contributed by atoms with van der Waals surface area (Å²) in [5.74, 6) is -0.835. The fraction of sp³-hybridized carbons (Fsp3) is 0.318. The molecule has 0 radical (unpaired) electrons. The third kappa shape index (κ3) is 4.79. The number of para-hydroxylation sites is 1. The van der Waals surface area contributed by atoms with Gasteiger partial charge in [-0.05, 0) is 42.7 Å². The van der Waals surface area contributed by atoms with Crippen molar-refractivity contribution in [2.45, 2.75) is 25.2 Å². The number of hydrogen-bond acceptors (Lipinski definition) is 5. The number of halogens is 1. The van der Waals surface area contributed by atoms with E-state index < -0.39 is 5.97 Å². The Balaban J connectivity index is 1.31. The van der Waals surface area contributed by atoms with E-state index in [4.69, 9.17) is 9.72 Å². The van der Waals surface area contributed by atoms with Gasteiger partial charge < -0.3 is 9.64 Å². The highest BCUT2D eigenvalue weighted by Crippen LogP contribution is 2.32. The summed E-state index contributed by atoms with van der Waals surface area (Å²) in [6.07, 6.45) is 1.91. The number of rotatable bonds is 5. The maximum absolute atomic E-state index is 12.9. The van der Waals surface area contributed by atoms with Gasteiger partial charge in [0.15, 0.2) is 6.61 Å². The van der Waals surface area contributed by atoms with Crippen molar-refractivity contribution in [1.29, 1.82) is 0 Å². The lowest BCUT2D eigenvalue weighted by Gasteiger charge is -2.31. The molecular formula is C22H21FN2O3S. The van der Waals surface area contributed by atoms with Gasteiger partial charge in [0.25, 0.3) is 5.91 Å². The first-order chi connectivity index (χ1) is 14.1. The van der Waals surface area contributed by atoms with Gasteiger partial charge in [-0.2, -0.15) is 0 Å². The molecule has 1 amide bonds. The van der Waals surface area contributed by atoms with Crippen LogP contribution in [-0.4, -0.2) is 41.5 Å². The highest BCUT2D eigenvalue weighted by molar-refractivity contribution is 7.18. The van der Waals surface area contributed by atoms with E-state index in [-0.39, 0.29) is 30.7 Å². The summed E-state index contributed by atoms with van der Waals surface area (Å²) >= 11 is 1.68. The van der Waals surface area contributed by atoms with Crippen LogP contribution in [0.4, 0.5) is 4.39 Å². The Bertz CT molecular complexity index is 985. The lowest BCUT2D eigenvalue weighted by atomic mass is 9.99. The average molecular weight is 412 g/mol. The van der Waals surface area contributed by atoms with Crippen molar-refractivity contribution in [2.24, 2.45) is 0 Å². The van der Waals surface area contributed by atoms with Crippen LogP contribution in [0.25, 0.3) is 10.2 Å². The molecule has 29 heavy (non-hydrogen) atoms. The van der Waals surface area contributed by atoms with Gasteiger partial charge in [0.05, 0.1) is 21.6 Å². The molecule has 0 N–H and O–H groups in total. The lowest BCUT2D eigenvalue weighted by Crippen LogP contribution is -2.41. The number of thiazole rings is 1. The molecule has 0 aliphatic carbocycles. The van der Waals surface area contributed by atoms with E-state index in [1.165, 1.54) is 24.3 Å². The first kappa shape index (κ1) is 19.5. The van der Waals surface area contributed by atoms with Gasteiger partial charge in [-0.3, -0.25) is 9.59 Å². The first-order valence-electron chi connectivity index (χ1n) is 9.62. The predicted octanol–water partition coefficient (Wildman–Crippen LogP) is 3.93. The molecule has 1 aromatic heterocycles. The zero-order valence-corrected chi connectivity index (χ0v) is 16.7. The summed E-state index contributed by atoms with van der Waals surface area (Å²) < 4.78 is 19.2. The van der Waals surface area contributed by atoms with Crippen molar-refractivity contribution in [3.8, 4) is 0 Å². The molecule has 3 aromatic rings. The molecule has 7 heteroatoms. The average Bonchev–Trinajstić information content (AvgIpc) is 3.18. The number of ether oxygens (including phenoxy) is 1. The van der Waals surface area contributed by atoms with Crippen molar-refractivity contribution >= 4 is 33.4 Å². The number of esters is 1. The van der Waals surface area contributed by atoms with Crippen molar-refractivity contribution in [3.05, 3.63) is 64.9 Å². The lowest BCUT2D eigenvalue weighted by molar-refractivity contribution is -0.152. The second kappa shape index (κ2) is 8.69. The van der Waals surface area contributed by atoms with Crippen LogP contribution in [0.5, 0.6) is 0 Å². The molecule has 2 aromatic carbocycles. The summed E-state index contributed by atoms with van der Waals surface area (Å²) in [4.78, 5) is 31.0. The normalized spacial score (nSPS) is 16.7. The fourth-order valence-corrected chi connectivity index (χ4v) is 4.62. The number of carbonyl (C=O) groups excluding carboxylic acids is 2. The first-order valence-corrected chi connectivity index (χ1v) is 10.4. The summed E-state index contributed by atoms with van der Waals surface area (Å²) in [6, 6.07) is 13.7. The van der Waals surface area contributed by atoms with Gasteiger partial charge in [-0.25, -0.2) is 9.37 Å². The second-order valence-electron chi connectivity index (χ2n) is 7.16. The summed E-state index contributed by atoms with van der Waals surface area (Å²) in [6.45, 7) is 0.983. The number of nitrogens with zero attached hydrogens (tertiary/aromatic N) is 2. The standard InChI is InChI=1S/C22H21FN2O3S/c23-17-9-7-15(8-10-17)12-21(27)28-14-20(26)25-11-3-4-16(13-25)22-24-18-5-1-2-6-19(18)29-22/h1-2,5-10,16H,3-4,11-14H2/t16-/m0/s1. The van der Waals surface area contributed by atoms with Crippen molar-refractivity contribution in [2.75, 3.05) is 19.7 Å². The second-order valence-corrected chi connectivity index (χ2v) is 8.22. The molecule has 0 bridgehead atoms. The van der Waals surface area contributed by atoms with Crippen LogP contribution in [0.1, 0.15) is 29.3 Å². The molecule has 5 nitrogen and oxygen atoms in total. The maximum atomic E-state index is 12.9. The Morgan fingerprint density at radius 2 is 1.97 bits per heavy atom. The Kier molecular flexibility index (Phi) is 5.85. The smallest absolute Gasteiger partial charge is 0.310 e. The zero-order chi connectivity index (χ0) is 20.2. The minimum Gasteiger partial charge on any atom is -0.455 e. The molecule has 4 rings (SSSR count). The van der Waals surface area contributed by atoms with Gasteiger partial charge in [0.2, 0.25) is 0 Å². The molecule has 0 unspecified atom stereocenters. The van der Waals surface area contributed by atoms with Gasteiger partial charge in [-0.15, -0.1) is 11.3 Å². The molecule has 1 fully saturated rings. The van der Waals surface area contributed by atoms with E-state index in [0.717, 1.165) is 28.1 Å². The fourth-order valence-electron chi connectivity index (χ4n) is 3.52. The molecular weight excluding hydrogens is 391 g/mol. The van der Waals surface area contributed by atoms with E-state index in [1.807, 2.05) is 18.2 Å². The molecule has 2 heterocycles. The quantitative estimate of drug-likeness (QED) is 0.596. The Hall–Kier alpha value is -2.80. The van der Waals surface area contributed by atoms with E-state index in [2.05, 4.69) is 6.07 Å². The van der Waals surface area contributed by atoms with Gasteiger partial charge in [0.1, 0.15) is 5.82 Å². The van der Waals surface area contributed by atoms with Crippen LogP contribution >= 0.6 is 11.3 Å². The maximum Gasteiger partial charge on any atom is 0.310 e. The molecule has 1 aliphatic rings. The molecule has 1 saturated heterocycles. The van der Waals surface area contributed by atoms with Crippen LogP contribution < -0.4 is 0 Å². The Morgan fingerprint density at radius 1 is 1.17 bits per heavy atom. The Morgan fingerprint density at radius 3 is 2.76 bits per heavy atom. The summed E-state index contributed by atoms with van der Waals surface area (Å²) in [5, 5.41) is 1.05. The third-order valence-corrected chi connectivity index (χ3v) is 6.25. The molecule has 0 spiro atoms. The number of amides is 1. The van der Waals surface area contributed by atoms with Crippen LogP contribution in [-0.2, 0) is 20.7 Å². The van der Waals surface area contributed by atoms with E-state index in [1.54, 1.807) is 16.2 Å². The molecule has 1 atom stereocenters.